The van der Waals surface area contributed by atoms with Gasteiger partial charge in [-0.05, 0) is 43.9 Å². The van der Waals surface area contributed by atoms with Crippen molar-refractivity contribution >= 4 is 5.91 Å². The van der Waals surface area contributed by atoms with E-state index >= 15 is 0 Å². The molecule has 3 nitrogen and oxygen atoms in total. The minimum Gasteiger partial charge on any atom is -0.349 e. The van der Waals surface area contributed by atoms with Crippen molar-refractivity contribution in [1.29, 1.82) is 0 Å². The summed E-state index contributed by atoms with van der Waals surface area (Å²) in [7, 11) is 0. The maximum absolute atomic E-state index is 12.5. The second-order valence-electron chi connectivity index (χ2n) is 5.97. The number of amides is 1. The van der Waals surface area contributed by atoms with Gasteiger partial charge in [0.1, 0.15) is 0 Å². The smallest absolute Gasteiger partial charge is 0.349 e. The highest BCUT2D eigenvalue weighted by molar-refractivity contribution is 5.79. The molecule has 3 N–H and O–H groups in total. The predicted molar refractivity (Wildman–Crippen MR) is 77.9 cm³/mol. The molecule has 0 saturated heterocycles. The van der Waals surface area contributed by atoms with E-state index in [2.05, 4.69) is 5.32 Å². The number of halogens is 3. The monoisotopic (exact) mass is 314 g/mol. The maximum Gasteiger partial charge on any atom is 0.416 e. The summed E-state index contributed by atoms with van der Waals surface area (Å²) in [5.74, 6) is -0.164. The topological polar surface area (TPSA) is 55.1 Å². The Hall–Kier alpha value is -1.56. The van der Waals surface area contributed by atoms with Gasteiger partial charge >= 0.3 is 6.18 Å². The standard InChI is InChI=1S/C16H21F3N2O/c1-10(11-5-7-13(8-6-11)16(17,18)19)21-15(22)12-3-2-4-14(20)9-12/h5-8,10,12,14H,2-4,9,20H2,1H3,(H,21,22). The van der Waals surface area contributed by atoms with Gasteiger partial charge in [-0.1, -0.05) is 18.6 Å². The third-order valence-corrected chi connectivity index (χ3v) is 4.18. The fraction of sp³-hybridized carbons (Fsp3) is 0.562. The summed E-state index contributed by atoms with van der Waals surface area (Å²) in [5.41, 5.74) is 5.84. The van der Waals surface area contributed by atoms with Crippen LogP contribution in [-0.4, -0.2) is 11.9 Å². The normalized spacial score (nSPS) is 23.9. The first-order valence-electron chi connectivity index (χ1n) is 7.50. The second kappa shape index (κ2) is 6.69. The number of nitrogens with two attached hydrogens (primary N) is 1. The molecule has 22 heavy (non-hydrogen) atoms. The lowest BCUT2D eigenvalue weighted by molar-refractivity contribution is -0.137. The van der Waals surface area contributed by atoms with Crippen molar-refractivity contribution in [1.82, 2.24) is 5.32 Å². The number of benzene rings is 1. The third kappa shape index (κ3) is 4.22. The van der Waals surface area contributed by atoms with Crippen LogP contribution >= 0.6 is 0 Å². The summed E-state index contributed by atoms with van der Waals surface area (Å²) in [5, 5.41) is 2.87. The molecule has 1 aromatic rings. The highest BCUT2D eigenvalue weighted by Crippen LogP contribution is 2.30. The number of alkyl halides is 3. The molecule has 1 aromatic carbocycles. The quantitative estimate of drug-likeness (QED) is 0.898. The number of carbonyl (C=O) groups excluding carboxylic acids is 1. The minimum atomic E-state index is -4.34. The van der Waals surface area contributed by atoms with E-state index in [1.807, 2.05) is 0 Å². The second-order valence-corrected chi connectivity index (χ2v) is 5.97. The fourth-order valence-corrected chi connectivity index (χ4v) is 2.84. The van der Waals surface area contributed by atoms with Crippen LogP contribution in [0.5, 0.6) is 0 Å². The molecule has 0 aliphatic heterocycles. The molecule has 3 atom stereocenters. The van der Waals surface area contributed by atoms with E-state index in [1.165, 1.54) is 12.1 Å². The lowest BCUT2D eigenvalue weighted by Crippen LogP contribution is -2.38. The lowest BCUT2D eigenvalue weighted by Gasteiger charge is -2.27. The minimum absolute atomic E-state index is 0.0610. The van der Waals surface area contributed by atoms with Gasteiger partial charge < -0.3 is 11.1 Å². The van der Waals surface area contributed by atoms with E-state index in [0.29, 0.717) is 12.0 Å². The summed E-state index contributed by atoms with van der Waals surface area (Å²) >= 11 is 0. The molecule has 2 rings (SSSR count). The first-order valence-corrected chi connectivity index (χ1v) is 7.50. The zero-order valence-corrected chi connectivity index (χ0v) is 12.5. The Bertz CT molecular complexity index is 513. The van der Waals surface area contributed by atoms with Crippen LogP contribution < -0.4 is 11.1 Å². The molecular weight excluding hydrogens is 293 g/mol. The van der Waals surface area contributed by atoms with Crippen LogP contribution in [0.2, 0.25) is 0 Å². The van der Waals surface area contributed by atoms with Gasteiger partial charge in [-0.25, -0.2) is 0 Å². The Morgan fingerprint density at radius 2 is 1.91 bits per heavy atom. The molecule has 1 fully saturated rings. The van der Waals surface area contributed by atoms with Crippen molar-refractivity contribution < 1.29 is 18.0 Å². The van der Waals surface area contributed by atoms with Gasteiger partial charge in [0.2, 0.25) is 5.91 Å². The van der Waals surface area contributed by atoms with Crippen molar-refractivity contribution in [2.75, 3.05) is 0 Å². The van der Waals surface area contributed by atoms with Crippen molar-refractivity contribution in [3.8, 4) is 0 Å². The zero-order valence-electron chi connectivity index (χ0n) is 12.5. The van der Waals surface area contributed by atoms with Crippen molar-refractivity contribution in [3.63, 3.8) is 0 Å². The molecule has 1 saturated carbocycles. The first-order chi connectivity index (χ1) is 10.3. The number of rotatable bonds is 3. The van der Waals surface area contributed by atoms with Crippen LogP contribution in [0, 0.1) is 5.92 Å². The van der Waals surface area contributed by atoms with Crippen molar-refractivity contribution in [2.45, 2.75) is 50.9 Å². The van der Waals surface area contributed by atoms with Gasteiger partial charge in [-0.3, -0.25) is 4.79 Å². The van der Waals surface area contributed by atoms with E-state index in [9.17, 15) is 18.0 Å². The van der Waals surface area contributed by atoms with E-state index in [4.69, 9.17) is 5.73 Å². The van der Waals surface area contributed by atoms with Gasteiger partial charge in [0.05, 0.1) is 11.6 Å². The molecule has 122 valence electrons. The van der Waals surface area contributed by atoms with Crippen LogP contribution in [0.15, 0.2) is 24.3 Å². The van der Waals surface area contributed by atoms with E-state index in [0.717, 1.165) is 31.4 Å². The van der Waals surface area contributed by atoms with Crippen molar-refractivity contribution in [3.05, 3.63) is 35.4 Å². The third-order valence-electron chi connectivity index (χ3n) is 4.18. The Morgan fingerprint density at radius 1 is 1.27 bits per heavy atom. The van der Waals surface area contributed by atoms with E-state index < -0.39 is 11.7 Å². The molecule has 0 heterocycles. The molecule has 1 aliphatic carbocycles. The van der Waals surface area contributed by atoms with Crippen LogP contribution in [-0.2, 0) is 11.0 Å². The number of carbonyl (C=O) groups is 1. The summed E-state index contributed by atoms with van der Waals surface area (Å²) in [6.45, 7) is 1.77. The van der Waals surface area contributed by atoms with Gasteiger partial charge in [0.25, 0.3) is 0 Å². The Labute approximate surface area is 128 Å². The molecule has 3 unspecified atom stereocenters. The SMILES string of the molecule is CC(NC(=O)C1CCCC(N)C1)c1ccc(C(F)(F)F)cc1. The lowest BCUT2D eigenvalue weighted by atomic mass is 9.85. The molecule has 1 aliphatic rings. The number of hydrogen-bond acceptors (Lipinski definition) is 2. The largest absolute Gasteiger partial charge is 0.416 e. The average Bonchev–Trinajstić information content (AvgIpc) is 2.46. The predicted octanol–water partition coefficient (Wildman–Crippen LogP) is 3.40. The Morgan fingerprint density at radius 3 is 2.45 bits per heavy atom. The van der Waals surface area contributed by atoms with Crippen molar-refractivity contribution in [2.24, 2.45) is 11.7 Å². The van der Waals surface area contributed by atoms with Crippen LogP contribution in [0.1, 0.15) is 49.8 Å². The summed E-state index contributed by atoms with van der Waals surface area (Å²) in [4.78, 5) is 12.2. The van der Waals surface area contributed by atoms with E-state index in [-0.39, 0.29) is 23.9 Å². The molecule has 0 radical (unpaired) electrons. The first kappa shape index (κ1) is 16.8. The molecule has 0 spiro atoms. The van der Waals surface area contributed by atoms with Gasteiger partial charge in [0, 0.05) is 12.0 Å². The number of hydrogen-bond donors (Lipinski definition) is 2. The summed E-state index contributed by atoms with van der Waals surface area (Å²) in [6, 6.07) is 4.61. The maximum atomic E-state index is 12.5. The Balaban J connectivity index is 1.96. The van der Waals surface area contributed by atoms with Gasteiger partial charge in [-0.2, -0.15) is 13.2 Å². The highest BCUT2D eigenvalue weighted by Gasteiger charge is 2.30. The average molecular weight is 314 g/mol. The summed E-state index contributed by atoms with van der Waals surface area (Å²) in [6.07, 6.45) is -0.972. The van der Waals surface area contributed by atoms with E-state index in [1.54, 1.807) is 6.92 Å². The summed E-state index contributed by atoms with van der Waals surface area (Å²) < 4.78 is 37.6. The van der Waals surface area contributed by atoms with Gasteiger partial charge in [-0.15, -0.1) is 0 Å². The fourth-order valence-electron chi connectivity index (χ4n) is 2.84. The van der Waals surface area contributed by atoms with Gasteiger partial charge in [0.15, 0.2) is 0 Å². The van der Waals surface area contributed by atoms with Crippen LogP contribution in [0.3, 0.4) is 0 Å². The van der Waals surface area contributed by atoms with Crippen LogP contribution in [0.4, 0.5) is 13.2 Å². The molecule has 6 heteroatoms. The molecule has 0 bridgehead atoms. The molecular formula is C16H21F3N2O. The molecule has 1 amide bonds. The molecule has 0 aromatic heterocycles. The van der Waals surface area contributed by atoms with Crippen LogP contribution in [0.25, 0.3) is 0 Å². The zero-order chi connectivity index (χ0) is 16.3. The highest BCUT2D eigenvalue weighted by atomic mass is 19.4. The number of nitrogens with one attached hydrogen (secondary N) is 1. The Kier molecular flexibility index (Phi) is 5.11.